The maximum Gasteiger partial charge on any atom is 0.321 e. The molecule has 0 radical (unpaired) electrons. The van der Waals surface area contributed by atoms with Crippen molar-refractivity contribution < 1.29 is 24.5 Å². The summed E-state index contributed by atoms with van der Waals surface area (Å²) in [6.45, 7) is 0.914. The Bertz CT molecular complexity index is 1780. The summed E-state index contributed by atoms with van der Waals surface area (Å²) in [5.74, 6) is 0.654. The molecule has 2 heterocycles. The number of aliphatic hydroxyl groups excluding tert-OH is 2. The van der Waals surface area contributed by atoms with Crippen molar-refractivity contribution in [3.63, 3.8) is 0 Å². The maximum atomic E-state index is 13.8. The van der Waals surface area contributed by atoms with E-state index >= 15 is 0 Å². The van der Waals surface area contributed by atoms with E-state index in [4.69, 9.17) is 9.47 Å². The van der Waals surface area contributed by atoms with E-state index in [1.165, 1.54) is 0 Å². The lowest BCUT2D eigenvalue weighted by Crippen LogP contribution is -2.71. The van der Waals surface area contributed by atoms with Gasteiger partial charge in [-0.2, -0.15) is 0 Å². The molecule has 262 valence electrons. The lowest BCUT2D eigenvalue weighted by Gasteiger charge is -2.58. The number of methoxy groups -OCH3 is 1. The van der Waals surface area contributed by atoms with E-state index in [0.29, 0.717) is 24.6 Å². The number of benzene rings is 5. The zero-order chi connectivity index (χ0) is 35.4. The van der Waals surface area contributed by atoms with Crippen LogP contribution in [0.15, 0.2) is 144 Å². The van der Waals surface area contributed by atoms with Crippen LogP contribution < -0.4 is 10.1 Å². The minimum atomic E-state index is -1.13. The molecule has 0 bridgehead atoms. The number of carbonyl (C=O) groups excluding carboxylic acids is 1. The number of hydrogen-bond acceptors (Lipinski definition) is 6. The Morgan fingerprint density at radius 2 is 1.27 bits per heavy atom. The van der Waals surface area contributed by atoms with Crippen LogP contribution in [0, 0.1) is 0 Å². The van der Waals surface area contributed by atoms with Crippen molar-refractivity contribution in [2.24, 2.45) is 0 Å². The number of aliphatic hydroxyl groups is 2. The van der Waals surface area contributed by atoms with Crippen LogP contribution in [0.25, 0.3) is 0 Å². The van der Waals surface area contributed by atoms with E-state index in [9.17, 15) is 15.0 Å². The van der Waals surface area contributed by atoms with E-state index < -0.39 is 17.8 Å². The molecule has 5 atom stereocenters. The van der Waals surface area contributed by atoms with E-state index in [2.05, 4.69) is 74.7 Å². The van der Waals surface area contributed by atoms with Gasteiger partial charge in [0.2, 0.25) is 0 Å². The largest absolute Gasteiger partial charge is 0.497 e. The second-order valence-electron chi connectivity index (χ2n) is 13.2. The molecule has 0 spiro atoms. The van der Waals surface area contributed by atoms with Crippen LogP contribution in [0.2, 0.25) is 0 Å². The summed E-state index contributed by atoms with van der Waals surface area (Å²) in [5, 5.41) is 25.4. The second-order valence-corrected chi connectivity index (χ2v) is 14.1. The molecule has 51 heavy (non-hydrogen) atoms. The molecule has 5 aromatic carbocycles. The highest BCUT2D eigenvalue weighted by atomic mass is 79.9. The Morgan fingerprint density at radius 1 is 0.745 bits per heavy atom. The van der Waals surface area contributed by atoms with Crippen molar-refractivity contribution in [3.05, 3.63) is 166 Å². The molecule has 0 unspecified atom stereocenters. The highest BCUT2D eigenvalue weighted by Crippen LogP contribution is 2.46. The fourth-order valence-corrected chi connectivity index (χ4v) is 7.90. The summed E-state index contributed by atoms with van der Waals surface area (Å²) in [6, 6.07) is 45.6. The summed E-state index contributed by atoms with van der Waals surface area (Å²) in [6.07, 6.45) is -2.20. The molecule has 3 N–H and O–H groups in total. The molecule has 2 aliphatic rings. The molecule has 8 nitrogen and oxygen atoms in total. The van der Waals surface area contributed by atoms with Crippen molar-refractivity contribution in [2.45, 2.75) is 35.8 Å². The average molecular weight is 749 g/mol. The van der Waals surface area contributed by atoms with Gasteiger partial charge in [0.1, 0.15) is 11.4 Å². The van der Waals surface area contributed by atoms with E-state index in [1.807, 2.05) is 66.7 Å². The van der Waals surface area contributed by atoms with Crippen LogP contribution in [-0.4, -0.2) is 83.7 Å². The lowest BCUT2D eigenvalue weighted by molar-refractivity contribution is -0.133. The van der Waals surface area contributed by atoms with Crippen molar-refractivity contribution >= 4 is 27.6 Å². The average Bonchev–Trinajstić information content (AvgIpc) is 3.17. The van der Waals surface area contributed by atoms with Gasteiger partial charge in [-0.3, -0.25) is 4.90 Å². The van der Waals surface area contributed by atoms with Gasteiger partial charge in [-0.1, -0.05) is 119 Å². The van der Waals surface area contributed by atoms with Crippen LogP contribution in [0.4, 0.5) is 10.5 Å². The second kappa shape index (κ2) is 15.4. The third kappa shape index (κ3) is 7.18. The Hall–Kier alpha value is -4.51. The quantitative estimate of drug-likeness (QED) is 0.143. The van der Waals surface area contributed by atoms with Crippen molar-refractivity contribution in [1.82, 2.24) is 9.80 Å². The molecule has 0 saturated carbocycles. The van der Waals surface area contributed by atoms with Gasteiger partial charge in [0.05, 0.1) is 32.5 Å². The highest BCUT2D eigenvalue weighted by Gasteiger charge is 2.53. The Kier molecular flexibility index (Phi) is 10.5. The molecule has 2 fully saturated rings. The molecular formula is C42H42BrN3O5. The number of nitrogens with one attached hydrogen (secondary N) is 1. The fraction of sp³-hybridized carbons (Fsp3) is 0.262. The molecular weight excluding hydrogens is 706 g/mol. The van der Waals surface area contributed by atoms with Crippen LogP contribution in [0.5, 0.6) is 5.75 Å². The van der Waals surface area contributed by atoms with Gasteiger partial charge in [0.15, 0.2) is 0 Å². The number of β-amino-alcohol motifs (C(OH)–C–C–N with tert-alkyl or cyclic N) is 1. The normalized spacial score (nSPS) is 22.2. The minimum absolute atomic E-state index is 0.000845. The summed E-state index contributed by atoms with van der Waals surface area (Å²) < 4.78 is 13.6. The van der Waals surface area contributed by atoms with Crippen LogP contribution in [0.3, 0.4) is 0 Å². The molecule has 2 saturated heterocycles. The van der Waals surface area contributed by atoms with Crippen LogP contribution in [0.1, 0.15) is 28.2 Å². The molecule has 5 aromatic rings. The number of nitrogens with zero attached hydrogens (tertiary/aromatic N) is 2. The van der Waals surface area contributed by atoms with Gasteiger partial charge in [-0.25, -0.2) is 4.79 Å². The summed E-state index contributed by atoms with van der Waals surface area (Å²) in [4.78, 5) is 17.6. The Morgan fingerprint density at radius 3 is 1.80 bits per heavy atom. The maximum absolute atomic E-state index is 13.8. The number of rotatable bonds is 9. The predicted molar refractivity (Wildman–Crippen MR) is 202 cm³/mol. The zero-order valence-electron chi connectivity index (χ0n) is 28.4. The van der Waals surface area contributed by atoms with E-state index in [-0.39, 0.29) is 37.1 Å². The number of amides is 2. The molecule has 0 aromatic heterocycles. The van der Waals surface area contributed by atoms with Gasteiger partial charge >= 0.3 is 6.03 Å². The number of hydrogen-bond donors (Lipinski definition) is 3. The summed E-state index contributed by atoms with van der Waals surface area (Å²) in [5.41, 5.74) is 3.81. The number of carbonyl (C=O) groups is 1. The van der Waals surface area contributed by atoms with Crippen molar-refractivity contribution in [2.75, 3.05) is 38.7 Å². The number of urea groups is 1. The summed E-state index contributed by atoms with van der Waals surface area (Å²) in [7, 11) is 1.59. The van der Waals surface area contributed by atoms with Gasteiger partial charge < -0.3 is 29.9 Å². The van der Waals surface area contributed by atoms with E-state index in [0.717, 1.165) is 26.7 Å². The standard InChI is InChI=1S/C42H42BrN3O5/c1-50-35-23-21-34(22-24-35)44-41(49)45-25-36-40(29-17-19-33(43)20-18-29)37(46(36)27-39(48)38(47)26-45)28-51-42(30-11-5-2-6-12-30,31-13-7-3-8-14-31)32-15-9-4-10-16-32/h2-24,36-40,47-48H,25-28H2,1H3,(H,44,49)/t36-,37+,38-,39+,40+/m0/s1. The minimum Gasteiger partial charge on any atom is -0.497 e. The van der Waals surface area contributed by atoms with Gasteiger partial charge in [-0.15, -0.1) is 0 Å². The first-order valence-corrected chi connectivity index (χ1v) is 18.0. The first kappa shape index (κ1) is 34.9. The van der Waals surface area contributed by atoms with Gasteiger partial charge in [0.25, 0.3) is 0 Å². The fourth-order valence-electron chi connectivity index (χ4n) is 7.64. The highest BCUT2D eigenvalue weighted by molar-refractivity contribution is 9.10. The first-order valence-electron chi connectivity index (χ1n) is 17.2. The number of fused-ring (bicyclic) bond motifs is 1. The first-order chi connectivity index (χ1) is 24.9. The smallest absolute Gasteiger partial charge is 0.321 e. The predicted octanol–water partition coefficient (Wildman–Crippen LogP) is 6.87. The zero-order valence-corrected chi connectivity index (χ0v) is 30.0. The van der Waals surface area contributed by atoms with Crippen LogP contribution in [-0.2, 0) is 10.3 Å². The molecule has 0 aliphatic carbocycles. The molecule has 7 rings (SSSR count). The lowest BCUT2D eigenvalue weighted by atomic mass is 9.73. The van der Waals surface area contributed by atoms with Crippen molar-refractivity contribution in [1.29, 1.82) is 0 Å². The molecule has 2 aliphatic heterocycles. The summed E-state index contributed by atoms with van der Waals surface area (Å²) >= 11 is 3.59. The van der Waals surface area contributed by atoms with E-state index in [1.54, 1.807) is 36.3 Å². The number of halogens is 1. The topological polar surface area (TPSA) is 94.5 Å². The number of anilines is 1. The molecule has 9 heteroatoms. The van der Waals surface area contributed by atoms with Gasteiger partial charge in [0, 0.05) is 41.3 Å². The van der Waals surface area contributed by atoms with Gasteiger partial charge in [-0.05, 0) is 58.7 Å². The monoisotopic (exact) mass is 747 g/mol. The third-order valence-corrected chi connectivity index (χ3v) is 10.8. The Labute approximate surface area is 307 Å². The Balaban J connectivity index is 1.24. The van der Waals surface area contributed by atoms with Crippen molar-refractivity contribution in [3.8, 4) is 5.75 Å². The SMILES string of the molecule is COc1ccc(NC(=O)N2C[C@H](O)[C@H](O)CN3[C@H](COC(c4ccccc4)(c4ccccc4)c4ccccc4)[C@H](c4ccc(Br)cc4)[C@@H]3C2)cc1. The number of ether oxygens (including phenoxy) is 2. The molecule has 2 amide bonds. The third-order valence-electron chi connectivity index (χ3n) is 10.2. The van der Waals surface area contributed by atoms with Crippen LogP contribution >= 0.6 is 15.9 Å².